The number of hydrogen-bond donors (Lipinski definition) is 1. The Labute approximate surface area is 178 Å². The quantitative estimate of drug-likeness (QED) is 0.556. The third-order valence-corrected chi connectivity index (χ3v) is 5.50. The molecule has 4 rings (SSSR count). The van der Waals surface area contributed by atoms with Gasteiger partial charge in [0.2, 0.25) is 0 Å². The highest BCUT2D eigenvalue weighted by Crippen LogP contribution is 2.42. The van der Waals surface area contributed by atoms with Crippen molar-refractivity contribution in [3.05, 3.63) is 95.8 Å². The van der Waals surface area contributed by atoms with Crippen molar-refractivity contribution < 1.29 is 22.7 Å². The summed E-state index contributed by atoms with van der Waals surface area (Å²) in [5.41, 5.74) is 2.96. The Bertz CT molecular complexity index is 1030. The first-order valence-electron chi connectivity index (χ1n) is 9.98. The molecule has 0 amide bonds. The zero-order chi connectivity index (χ0) is 22.0. The van der Waals surface area contributed by atoms with Crippen LogP contribution in [0.2, 0.25) is 0 Å². The molecule has 0 saturated carbocycles. The van der Waals surface area contributed by atoms with Crippen molar-refractivity contribution in [1.29, 1.82) is 0 Å². The van der Waals surface area contributed by atoms with Crippen LogP contribution in [0.4, 0.5) is 28.9 Å². The van der Waals surface area contributed by atoms with Gasteiger partial charge in [0.15, 0.2) is 6.10 Å². The molecule has 0 bridgehead atoms. The topological polar surface area (TPSA) is 26.7 Å². The predicted octanol–water partition coefficient (Wildman–Crippen LogP) is 5.32. The number of para-hydroxylation sites is 2. The number of hydrogen-bond acceptors (Lipinski definition) is 3. The minimum absolute atomic E-state index is 0.336. The number of rotatable bonds is 5. The highest BCUT2D eigenvalue weighted by atomic mass is 19.4. The largest absolute Gasteiger partial charge is 0.416 e. The average Bonchev–Trinajstić information content (AvgIpc) is 2.75. The van der Waals surface area contributed by atoms with Gasteiger partial charge in [-0.05, 0) is 35.4 Å². The minimum atomic E-state index is -4.71. The van der Waals surface area contributed by atoms with Crippen molar-refractivity contribution in [2.75, 3.05) is 22.9 Å². The molecule has 1 aliphatic rings. The Morgan fingerprint density at radius 3 is 2.26 bits per heavy atom. The first kappa shape index (κ1) is 21.2. The summed E-state index contributed by atoms with van der Waals surface area (Å²) in [6.45, 7) is 0.226. The Morgan fingerprint density at radius 2 is 1.58 bits per heavy atom. The van der Waals surface area contributed by atoms with Gasteiger partial charge in [-0.3, -0.25) is 0 Å². The fourth-order valence-corrected chi connectivity index (χ4v) is 4.03. The third kappa shape index (κ3) is 4.66. The summed E-state index contributed by atoms with van der Waals surface area (Å²) in [6, 6.07) is 22.3. The molecular weight excluding hydrogens is 408 g/mol. The Balaban J connectivity index is 1.75. The molecule has 0 radical (unpaired) electrons. The third-order valence-electron chi connectivity index (χ3n) is 5.50. The lowest BCUT2D eigenvalue weighted by atomic mass is 9.98. The van der Waals surface area contributed by atoms with E-state index < -0.39 is 24.9 Å². The number of alkyl halides is 3. The summed E-state index contributed by atoms with van der Waals surface area (Å²) in [5, 5.41) is 9.84. The molecule has 0 fully saturated rings. The molecule has 162 valence electrons. The highest BCUT2D eigenvalue weighted by Gasteiger charge is 2.42. The van der Waals surface area contributed by atoms with E-state index in [1.165, 1.54) is 12.1 Å². The smallest absolute Gasteiger partial charge is 0.382 e. The van der Waals surface area contributed by atoms with Crippen LogP contribution in [0, 0.1) is 5.82 Å². The van der Waals surface area contributed by atoms with Crippen molar-refractivity contribution >= 4 is 11.4 Å². The van der Waals surface area contributed by atoms with Crippen LogP contribution in [0.1, 0.15) is 17.2 Å². The number of aliphatic hydroxyl groups excluding tert-OH is 1. The molecule has 1 heterocycles. The van der Waals surface area contributed by atoms with Gasteiger partial charge >= 0.3 is 6.18 Å². The van der Waals surface area contributed by atoms with Crippen molar-refractivity contribution in [1.82, 2.24) is 0 Å². The van der Waals surface area contributed by atoms with Gasteiger partial charge in [-0.1, -0.05) is 54.6 Å². The highest BCUT2D eigenvalue weighted by molar-refractivity contribution is 5.74. The van der Waals surface area contributed by atoms with E-state index in [0.29, 0.717) is 18.8 Å². The maximum Gasteiger partial charge on any atom is 0.416 e. The summed E-state index contributed by atoms with van der Waals surface area (Å²) in [5.74, 6) is -0.336. The number of β-amino-alcohol motifs (C(OH)–C–C–N with tert-alkyl or cyclic N) is 1. The summed E-state index contributed by atoms with van der Waals surface area (Å²) < 4.78 is 53.3. The molecule has 0 saturated heterocycles. The van der Waals surface area contributed by atoms with Crippen LogP contribution < -0.4 is 9.80 Å². The van der Waals surface area contributed by atoms with Crippen molar-refractivity contribution in [2.45, 2.75) is 24.9 Å². The maximum absolute atomic E-state index is 13.7. The second-order valence-corrected chi connectivity index (χ2v) is 7.64. The molecule has 2 atom stereocenters. The molecule has 31 heavy (non-hydrogen) atoms. The lowest BCUT2D eigenvalue weighted by molar-refractivity contribution is -0.200. The van der Waals surface area contributed by atoms with Crippen LogP contribution in [0.25, 0.3) is 0 Å². The molecule has 0 unspecified atom stereocenters. The van der Waals surface area contributed by atoms with Crippen LogP contribution in [0.15, 0.2) is 78.9 Å². The van der Waals surface area contributed by atoms with Crippen LogP contribution in [0.5, 0.6) is 0 Å². The molecule has 0 aromatic heterocycles. The van der Waals surface area contributed by atoms with Gasteiger partial charge in [-0.2, -0.15) is 13.2 Å². The van der Waals surface area contributed by atoms with E-state index >= 15 is 0 Å². The number of fused-ring (bicyclic) bond motifs is 1. The van der Waals surface area contributed by atoms with Crippen LogP contribution in [0.3, 0.4) is 0 Å². The lowest BCUT2D eigenvalue weighted by Crippen LogP contribution is -2.49. The maximum atomic E-state index is 13.7. The molecule has 7 heteroatoms. The molecule has 3 aromatic carbocycles. The lowest BCUT2D eigenvalue weighted by Gasteiger charge is -2.45. The van der Waals surface area contributed by atoms with Gasteiger partial charge in [0.1, 0.15) is 5.82 Å². The van der Waals surface area contributed by atoms with Gasteiger partial charge < -0.3 is 14.9 Å². The van der Waals surface area contributed by atoms with Crippen LogP contribution in [-0.4, -0.2) is 30.5 Å². The van der Waals surface area contributed by atoms with Crippen LogP contribution in [-0.2, 0) is 6.54 Å². The van der Waals surface area contributed by atoms with E-state index in [2.05, 4.69) is 0 Å². The summed E-state index contributed by atoms with van der Waals surface area (Å²) in [6.07, 6.45) is -7.18. The fraction of sp³-hybridized carbons (Fsp3) is 0.250. The van der Waals surface area contributed by atoms with E-state index in [1.54, 1.807) is 23.1 Å². The number of anilines is 2. The van der Waals surface area contributed by atoms with Gasteiger partial charge in [0, 0.05) is 13.1 Å². The minimum Gasteiger partial charge on any atom is -0.382 e. The molecule has 0 spiro atoms. The standard InChI is InChI=1S/C24H22F4N2O/c25-19-10-6-7-17(13-19)14-29-15-22(18-8-2-1-3-9-18)30(16-23(31)24(26,27)28)21-12-5-4-11-20(21)29/h1-13,22-23,31H,14-16H2/t22-,23+/m0/s1. The Kier molecular flexibility index (Phi) is 5.87. The van der Waals surface area contributed by atoms with Crippen molar-refractivity contribution in [3.63, 3.8) is 0 Å². The van der Waals surface area contributed by atoms with Gasteiger partial charge in [-0.15, -0.1) is 0 Å². The number of halogens is 4. The van der Waals surface area contributed by atoms with Gasteiger partial charge in [0.25, 0.3) is 0 Å². The Hall–Kier alpha value is -3.06. The van der Waals surface area contributed by atoms with E-state index in [-0.39, 0.29) is 5.82 Å². The van der Waals surface area contributed by atoms with Gasteiger partial charge in [0.05, 0.1) is 24.0 Å². The van der Waals surface area contributed by atoms with E-state index in [1.807, 2.05) is 53.4 Å². The summed E-state index contributed by atoms with van der Waals surface area (Å²) >= 11 is 0. The van der Waals surface area contributed by atoms with E-state index in [0.717, 1.165) is 16.8 Å². The Morgan fingerprint density at radius 1 is 0.903 bits per heavy atom. The predicted molar refractivity (Wildman–Crippen MR) is 112 cm³/mol. The SMILES string of the molecule is O[C@H](CN1c2ccccc2N(Cc2cccc(F)c2)C[C@H]1c1ccccc1)C(F)(F)F. The average molecular weight is 430 g/mol. The summed E-state index contributed by atoms with van der Waals surface area (Å²) in [4.78, 5) is 3.66. The first-order valence-corrected chi connectivity index (χ1v) is 9.98. The van der Waals surface area contributed by atoms with E-state index in [9.17, 15) is 22.7 Å². The second-order valence-electron chi connectivity index (χ2n) is 7.64. The van der Waals surface area contributed by atoms with Crippen LogP contribution >= 0.6 is 0 Å². The zero-order valence-corrected chi connectivity index (χ0v) is 16.6. The molecule has 3 aromatic rings. The monoisotopic (exact) mass is 430 g/mol. The molecule has 1 aliphatic heterocycles. The first-order chi connectivity index (χ1) is 14.8. The molecule has 3 nitrogen and oxygen atoms in total. The van der Waals surface area contributed by atoms with Crippen molar-refractivity contribution in [2.24, 2.45) is 0 Å². The summed E-state index contributed by atoms with van der Waals surface area (Å²) in [7, 11) is 0. The normalized spacial score (nSPS) is 17.4. The zero-order valence-electron chi connectivity index (χ0n) is 16.6. The molecule has 1 N–H and O–H groups in total. The van der Waals surface area contributed by atoms with Crippen molar-refractivity contribution in [3.8, 4) is 0 Å². The second kappa shape index (κ2) is 8.59. The fourth-order valence-electron chi connectivity index (χ4n) is 4.03. The molecule has 0 aliphatic carbocycles. The number of aliphatic hydroxyl groups is 1. The number of nitrogens with zero attached hydrogens (tertiary/aromatic N) is 2. The van der Waals surface area contributed by atoms with Gasteiger partial charge in [-0.25, -0.2) is 4.39 Å². The van der Waals surface area contributed by atoms with E-state index in [4.69, 9.17) is 0 Å². The number of benzene rings is 3. The molecular formula is C24H22F4N2O.